The van der Waals surface area contributed by atoms with Crippen molar-refractivity contribution in [3.63, 3.8) is 0 Å². The van der Waals surface area contributed by atoms with Crippen molar-refractivity contribution in [1.29, 1.82) is 0 Å². The lowest BCUT2D eigenvalue weighted by Crippen LogP contribution is -2.31. The summed E-state index contributed by atoms with van der Waals surface area (Å²) in [6, 6.07) is 41.8. The Balaban J connectivity index is 1.25. The molecule has 0 fully saturated rings. The van der Waals surface area contributed by atoms with Gasteiger partial charge in [0.2, 0.25) is 0 Å². The molecule has 3 aromatic heterocycles. The van der Waals surface area contributed by atoms with Crippen LogP contribution in [-0.4, -0.2) is 16.0 Å². The van der Waals surface area contributed by atoms with E-state index in [9.17, 15) is 0 Å². The first-order valence-electron chi connectivity index (χ1n) is 14.6. The summed E-state index contributed by atoms with van der Waals surface area (Å²) in [5.41, 5.74) is 7.62. The standard InChI is InChI=1S/C38H23N3S2/c1-2-10-23-21-31-28(19-22(23)9-1)25-11-3-6-14-30(25)41(31)37-35-27-13-5-8-16-33(27)43-38(35)40-36(39-37)24-17-18-34-29(20-24)26-12-4-7-15-32(26)42-34/h1-20,31H,21H2. The minimum absolute atomic E-state index is 0.167. The summed E-state index contributed by atoms with van der Waals surface area (Å²) in [5, 5.41) is 4.91. The number of nitrogens with zero attached hydrogens (tertiary/aromatic N) is 3. The van der Waals surface area contributed by atoms with Crippen LogP contribution >= 0.6 is 22.7 Å². The van der Waals surface area contributed by atoms with Gasteiger partial charge in [0.15, 0.2) is 5.82 Å². The van der Waals surface area contributed by atoms with E-state index in [2.05, 4.69) is 126 Å². The zero-order chi connectivity index (χ0) is 28.1. The number of hydrogen-bond acceptors (Lipinski definition) is 5. The van der Waals surface area contributed by atoms with E-state index in [1.165, 1.54) is 58.2 Å². The van der Waals surface area contributed by atoms with E-state index in [0.29, 0.717) is 0 Å². The monoisotopic (exact) mass is 585 g/mol. The fraction of sp³-hybridized carbons (Fsp3) is 0.0526. The number of anilines is 2. The Hall–Kier alpha value is -4.84. The van der Waals surface area contributed by atoms with Crippen LogP contribution in [0.15, 0.2) is 115 Å². The molecule has 0 N–H and O–H groups in total. The first-order valence-corrected chi connectivity index (χ1v) is 16.2. The topological polar surface area (TPSA) is 29.0 Å². The highest BCUT2D eigenvalue weighted by atomic mass is 32.1. The van der Waals surface area contributed by atoms with Gasteiger partial charge in [-0.3, -0.25) is 0 Å². The van der Waals surface area contributed by atoms with Crippen molar-refractivity contribution in [3.05, 3.63) is 132 Å². The molecule has 5 heteroatoms. The van der Waals surface area contributed by atoms with Crippen molar-refractivity contribution in [2.24, 2.45) is 0 Å². The van der Waals surface area contributed by atoms with Crippen LogP contribution in [0.2, 0.25) is 0 Å². The lowest BCUT2D eigenvalue weighted by Gasteiger charge is -2.30. The van der Waals surface area contributed by atoms with Gasteiger partial charge in [0, 0.05) is 41.4 Å². The highest BCUT2D eigenvalue weighted by Gasteiger charge is 2.39. The molecule has 5 aromatic carbocycles. The minimum Gasteiger partial charge on any atom is -0.317 e. The van der Waals surface area contributed by atoms with Gasteiger partial charge >= 0.3 is 0 Å². The lowest BCUT2D eigenvalue weighted by molar-refractivity contribution is 0.799. The maximum Gasteiger partial charge on any atom is 0.163 e. The molecule has 0 amide bonds. The molecule has 0 bridgehead atoms. The Labute approximate surface area is 256 Å². The summed E-state index contributed by atoms with van der Waals surface area (Å²) in [6.07, 6.45) is 3.33. The van der Waals surface area contributed by atoms with E-state index in [1.54, 1.807) is 11.3 Å². The third-order valence-corrected chi connectivity index (χ3v) is 11.2. The van der Waals surface area contributed by atoms with E-state index < -0.39 is 0 Å². The molecule has 1 aliphatic carbocycles. The molecule has 0 radical (unpaired) electrons. The summed E-state index contributed by atoms with van der Waals surface area (Å²) in [5.74, 6) is 1.77. The van der Waals surface area contributed by atoms with Gasteiger partial charge in [-0.25, -0.2) is 9.97 Å². The third-order valence-electron chi connectivity index (χ3n) is 9.01. The first-order chi connectivity index (χ1) is 21.3. The first kappa shape index (κ1) is 23.7. The van der Waals surface area contributed by atoms with Crippen molar-refractivity contribution in [2.75, 3.05) is 4.90 Å². The van der Waals surface area contributed by atoms with Gasteiger partial charge in [0.05, 0.1) is 17.1 Å². The molecule has 2 aliphatic rings. The third kappa shape index (κ3) is 3.40. The molecule has 10 rings (SSSR count). The number of thiophene rings is 2. The molecular weight excluding hydrogens is 563 g/mol. The van der Waals surface area contributed by atoms with Crippen molar-refractivity contribution in [3.8, 4) is 11.4 Å². The van der Waals surface area contributed by atoms with Crippen molar-refractivity contribution >= 4 is 86.3 Å². The average Bonchev–Trinajstić information content (AvgIpc) is 3.72. The second kappa shape index (κ2) is 8.83. The maximum atomic E-state index is 5.49. The Morgan fingerprint density at radius 2 is 1.40 bits per heavy atom. The minimum atomic E-state index is 0.167. The number of hydrogen-bond donors (Lipinski definition) is 0. The van der Waals surface area contributed by atoms with Gasteiger partial charge in [0.1, 0.15) is 10.6 Å². The zero-order valence-corrected chi connectivity index (χ0v) is 24.6. The Morgan fingerprint density at radius 1 is 0.651 bits per heavy atom. The van der Waals surface area contributed by atoms with E-state index in [-0.39, 0.29) is 6.04 Å². The van der Waals surface area contributed by atoms with Gasteiger partial charge in [-0.15, -0.1) is 22.7 Å². The van der Waals surface area contributed by atoms with E-state index in [1.807, 2.05) is 11.3 Å². The van der Waals surface area contributed by atoms with Crippen molar-refractivity contribution in [2.45, 2.75) is 12.5 Å². The number of rotatable bonds is 2. The van der Waals surface area contributed by atoms with Gasteiger partial charge in [0.25, 0.3) is 0 Å². The van der Waals surface area contributed by atoms with Crippen LogP contribution < -0.4 is 4.90 Å². The average molecular weight is 586 g/mol. The molecule has 1 atom stereocenters. The van der Waals surface area contributed by atoms with Crippen LogP contribution in [0.25, 0.3) is 63.5 Å². The Bertz CT molecular complexity index is 2470. The molecule has 202 valence electrons. The second-order valence-corrected chi connectivity index (χ2v) is 13.5. The predicted octanol–water partition coefficient (Wildman–Crippen LogP) is 10.5. The SMILES string of the molecule is C1=C2c3ccccc3N(c3nc(-c4ccc5sc6ccccc6c5c4)nc4sc5ccccc5c34)C2Cc2ccccc21. The normalized spacial score (nSPS) is 15.7. The largest absolute Gasteiger partial charge is 0.317 e. The Kier molecular flexibility index (Phi) is 4.87. The molecule has 43 heavy (non-hydrogen) atoms. The maximum absolute atomic E-state index is 5.49. The van der Waals surface area contributed by atoms with Crippen LogP contribution in [0.4, 0.5) is 11.5 Å². The summed E-state index contributed by atoms with van der Waals surface area (Å²) >= 11 is 3.60. The van der Waals surface area contributed by atoms with E-state index in [0.717, 1.165) is 33.8 Å². The number of para-hydroxylation sites is 1. The second-order valence-electron chi connectivity index (χ2n) is 11.4. The fourth-order valence-corrected chi connectivity index (χ4v) is 9.22. The fourth-order valence-electron chi connectivity index (χ4n) is 7.06. The van der Waals surface area contributed by atoms with E-state index >= 15 is 0 Å². The molecule has 3 nitrogen and oxygen atoms in total. The molecule has 0 spiro atoms. The predicted molar refractivity (Wildman–Crippen MR) is 184 cm³/mol. The van der Waals surface area contributed by atoms with E-state index in [4.69, 9.17) is 9.97 Å². The summed E-state index contributed by atoms with van der Waals surface area (Å²) in [4.78, 5) is 14.3. The van der Waals surface area contributed by atoms with Crippen LogP contribution in [0, 0.1) is 0 Å². The lowest BCUT2D eigenvalue weighted by atomic mass is 9.87. The van der Waals surface area contributed by atoms with Crippen LogP contribution in [0.1, 0.15) is 16.7 Å². The van der Waals surface area contributed by atoms with Crippen molar-refractivity contribution in [1.82, 2.24) is 9.97 Å². The molecule has 0 saturated heterocycles. The summed E-state index contributed by atoms with van der Waals surface area (Å²) in [6.45, 7) is 0. The molecule has 8 aromatic rings. The van der Waals surface area contributed by atoms with Crippen molar-refractivity contribution < 1.29 is 0 Å². The molecule has 1 unspecified atom stereocenters. The number of benzene rings is 5. The quantitative estimate of drug-likeness (QED) is 0.202. The molecular formula is C38H23N3S2. The smallest absolute Gasteiger partial charge is 0.163 e. The van der Waals surface area contributed by atoms with Gasteiger partial charge in [-0.1, -0.05) is 78.9 Å². The number of fused-ring (bicyclic) bond motifs is 10. The molecule has 1 aliphatic heterocycles. The zero-order valence-electron chi connectivity index (χ0n) is 23.0. The van der Waals surface area contributed by atoms with Gasteiger partial charge < -0.3 is 4.90 Å². The molecule has 4 heterocycles. The number of aromatic nitrogens is 2. The van der Waals surface area contributed by atoms with Crippen LogP contribution in [0.3, 0.4) is 0 Å². The van der Waals surface area contributed by atoms with Crippen LogP contribution in [-0.2, 0) is 6.42 Å². The van der Waals surface area contributed by atoms with Crippen LogP contribution in [0.5, 0.6) is 0 Å². The van der Waals surface area contributed by atoms with Gasteiger partial charge in [-0.05, 0) is 65.6 Å². The van der Waals surface area contributed by atoms with Gasteiger partial charge in [-0.2, -0.15) is 0 Å². The Morgan fingerprint density at radius 3 is 2.33 bits per heavy atom. The molecule has 0 saturated carbocycles. The summed E-state index contributed by atoms with van der Waals surface area (Å²) in [7, 11) is 0. The highest BCUT2D eigenvalue weighted by Crippen LogP contribution is 2.51. The summed E-state index contributed by atoms with van der Waals surface area (Å²) < 4.78 is 3.83. The highest BCUT2D eigenvalue weighted by molar-refractivity contribution is 7.26.